The van der Waals surface area contributed by atoms with Crippen LogP contribution in [0.3, 0.4) is 0 Å². The Balaban J connectivity index is 2.16. The van der Waals surface area contributed by atoms with E-state index in [2.05, 4.69) is 22.0 Å². The molecule has 1 heterocycles. The first-order valence-corrected chi connectivity index (χ1v) is 7.63. The average molecular weight is 322 g/mol. The zero-order chi connectivity index (χ0) is 11.5. The van der Waals surface area contributed by atoms with Crippen molar-refractivity contribution in [1.29, 1.82) is 0 Å². The second kappa shape index (κ2) is 5.65. The molecule has 0 radical (unpaired) electrons. The third-order valence-electron chi connectivity index (χ3n) is 2.85. The van der Waals surface area contributed by atoms with Crippen molar-refractivity contribution in [3.63, 3.8) is 0 Å². The first-order valence-electron chi connectivity index (χ1n) is 5.25. The molecule has 1 aromatic carbocycles. The van der Waals surface area contributed by atoms with Gasteiger partial charge >= 0.3 is 0 Å². The molecule has 1 nitrogen and oxygen atoms in total. The van der Waals surface area contributed by atoms with E-state index in [1.165, 1.54) is 5.56 Å². The van der Waals surface area contributed by atoms with Crippen molar-refractivity contribution >= 4 is 39.3 Å². The molecule has 2 rings (SSSR count). The fourth-order valence-corrected chi connectivity index (χ4v) is 4.19. The summed E-state index contributed by atoms with van der Waals surface area (Å²) in [5, 5.41) is 0.300. The van der Waals surface area contributed by atoms with E-state index in [0.29, 0.717) is 11.3 Å². The van der Waals surface area contributed by atoms with Crippen LogP contribution in [0, 0.1) is 5.92 Å². The van der Waals surface area contributed by atoms with E-state index in [1.807, 2.05) is 23.9 Å². The van der Waals surface area contributed by atoms with Gasteiger partial charge in [0.05, 0.1) is 7.11 Å². The highest BCUT2D eigenvalue weighted by molar-refractivity contribution is 9.10. The molecule has 1 fully saturated rings. The number of alkyl halides is 1. The highest BCUT2D eigenvalue weighted by Gasteiger charge is 2.26. The molecule has 0 amide bonds. The first-order chi connectivity index (χ1) is 7.70. The van der Waals surface area contributed by atoms with Crippen LogP contribution in [-0.2, 0) is 6.42 Å². The SMILES string of the molecule is COc1ccc(Br)cc1CC1CSCC1Cl. The van der Waals surface area contributed by atoms with Crippen LogP contribution in [0.2, 0.25) is 0 Å². The maximum absolute atomic E-state index is 6.29. The Morgan fingerprint density at radius 3 is 2.94 bits per heavy atom. The summed E-state index contributed by atoms with van der Waals surface area (Å²) in [6.07, 6.45) is 1.00. The predicted octanol–water partition coefficient (Wildman–Crippen LogP) is 3.97. The molecule has 0 aliphatic carbocycles. The highest BCUT2D eigenvalue weighted by Crippen LogP contribution is 2.34. The van der Waals surface area contributed by atoms with Crippen molar-refractivity contribution in [3.8, 4) is 5.75 Å². The van der Waals surface area contributed by atoms with Gasteiger partial charge in [0, 0.05) is 15.6 Å². The summed E-state index contributed by atoms with van der Waals surface area (Å²) >= 11 is 11.7. The number of halogens is 2. The number of hydrogen-bond donors (Lipinski definition) is 0. The number of ether oxygens (including phenoxy) is 1. The van der Waals surface area contributed by atoms with Crippen LogP contribution >= 0.6 is 39.3 Å². The molecule has 2 unspecified atom stereocenters. The number of methoxy groups -OCH3 is 1. The van der Waals surface area contributed by atoms with Gasteiger partial charge in [-0.3, -0.25) is 0 Å². The normalized spacial score (nSPS) is 24.7. The summed E-state index contributed by atoms with van der Waals surface area (Å²) in [5.74, 6) is 3.76. The Labute approximate surface area is 114 Å². The smallest absolute Gasteiger partial charge is 0.122 e. The van der Waals surface area contributed by atoms with Crippen molar-refractivity contribution in [2.75, 3.05) is 18.6 Å². The molecule has 16 heavy (non-hydrogen) atoms. The van der Waals surface area contributed by atoms with Crippen LogP contribution in [0.4, 0.5) is 0 Å². The van der Waals surface area contributed by atoms with Gasteiger partial charge in [-0.25, -0.2) is 0 Å². The largest absolute Gasteiger partial charge is 0.496 e. The van der Waals surface area contributed by atoms with E-state index < -0.39 is 0 Å². The first kappa shape index (κ1) is 12.6. The van der Waals surface area contributed by atoms with Gasteiger partial charge in [0.1, 0.15) is 5.75 Å². The number of rotatable bonds is 3. The van der Waals surface area contributed by atoms with E-state index >= 15 is 0 Å². The van der Waals surface area contributed by atoms with Crippen molar-refractivity contribution < 1.29 is 4.74 Å². The lowest BCUT2D eigenvalue weighted by Gasteiger charge is -2.15. The van der Waals surface area contributed by atoms with E-state index in [4.69, 9.17) is 16.3 Å². The van der Waals surface area contributed by atoms with Crippen LogP contribution < -0.4 is 4.74 Å². The molecule has 0 spiro atoms. The minimum absolute atomic E-state index is 0.300. The Hall–Kier alpha value is 0.140. The van der Waals surface area contributed by atoms with Gasteiger partial charge in [-0.15, -0.1) is 11.6 Å². The summed E-state index contributed by atoms with van der Waals surface area (Å²) in [4.78, 5) is 0. The zero-order valence-electron chi connectivity index (χ0n) is 9.08. The van der Waals surface area contributed by atoms with E-state index in [-0.39, 0.29) is 0 Å². The lowest BCUT2D eigenvalue weighted by molar-refractivity contribution is 0.406. The molecule has 88 valence electrons. The summed E-state index contributed by atoms with van der Waals surface area (Å²) in [6, 6.07) is 6.14. The van der Waals surface area contributed by atoms with Crippen LogP contribution in [-0.4, -0.2) is 24.0 Å². The minimum atomic E-state index is 0.300. The second-order valence-electron chi connectivity index (χ2n) is 3.97. The van der Waals surface area contributed by atoms with Crippen LogP contribution in [0.5, 0.6) is 5.75 Å². The van der Waals surface area contributed by atoms with Gasteiger partial charge in [0.15, 0.2) is 0 Å². The van der Waals surface area contributed by atoms with E-state index in [9.17, 15) is 0 Å². The number of hydrogen-bond acceptors (Lipinski definition) is 2. The van der Waals surface area contributed by atoms with Crippen LogP contribution in [0.15, 0.2) is 22.7 Å². The molecule has 1 aromatic rings. The van der Waals surface area contributed by atoms with Crippen molar-refractivity contribution in [3.05, 3.63) is 28.2 Å². The van der Waals surface area contributed by atoms with E-state index in [0.717, 1.165) is 28.1 Å². The van der Waals surface area contributed by atoms with E-state index in [1.54, 1.807) is 7.11 Å². The Kier molecular flexibility index (Phi) is 4.45. The fraction of sp³-hybridized carbons (Fsp3) is 0.500. The van der Waals surface area contributed by atoms with Gasteiger partial charge in [-0.05, 0) is 41.9 Å². The second-order valence-corrected chi connectivity index (χ2v) is 6.52. The minimum Gasteiger partial charge on any atom is -0.496 e. The summed E-state index contributed by atoms with van der Waals surface area (Å²) in [5.41, 5.74) is 1.25. The van der Waals surface area contributed by atoms with Gasteiger partial charge in [0.2, 0.25) is 0 Å². The maximum Gasteiger partial charge on any atom is 0.122 e. The Morgan fingerprint density at radius 1 is 1.50 bits per heavy atom. The zero-order valence-corrected chi connectivity index (χ0v) is 12.2. The van der Waals surface area contributed by atoms with Gasteiger partial charge in [-0.1, -0.05) is 15.9 Å². The van der Waals surface area contributed by atoms with Gasteiger partial charge in [-0.2, -0.15) is 11.8 Å². The molecule has 0 saturated carbocycles. The molecule has 2 atom stereocenters. The summed E-state index contributed by atoms with van der Waals surface area (Å²) in [6.45, 7) is 0. The quantitative estimate of drug-likeness (QED) is 0.779. The lowest BCUT2D eigenvalue weighted by atomic mass is 9.98. The third-order valence-corrected chi connectivity index (χ3v) is 5.29. The van der Waals surface area contributed by atoms with Crippen molar-refractivity contribution in [2.24, 2.45) is 5.92 Å². The summed E-state index contributed by atoms with van der Waals surface area (Å²) in [7, 11) is 1.72. The molecule has 1 saturated heterocycles. The topological polar surface area (TPSA) is 9.23 Å². The van der Waals surface area contributed by atoms with Crippen LogP contribution in [0.25, 0.3) is 0 Å². The molecule has 1 aliphatic rings. The third kappa shape index (κ3) is 2.88. The van der Waals surface area contributed by atoms with Gasteiger partial charge < -0.3 is 4.74 Å². The molecule has 4 heteroatoms. The Morgan fingerprint density at radius 2 is 2.31 bits per heavy atom. The lowest BCUT2D eigenvalue weighted by Crippen LogP contribution is -2.15. The number of benzene rings is 1. The van der Waals surface area contributed by atoms with Crippen LogP contribution in [0.1, 0.15) is 5.56 Å². The molecule has 0 bridgehead atoms. The standard InChI is InChI=1S/C12H14BrClOS/c1-15-12-3-2-10(13)5-8(12)4-9-6-16-7-11(9)14/h2-3,5,9,11H,4,6-7H2,1H3. The molecule has 0 aromatic heterocycles. The summed E-state index contributed by atoms with van der Waals surface area (Å²) < 4.78 is 6.47. The predicted molar refractivity (Wildman–Crippen MR) is 74.9 cm³/mol. The molecule has 1 aliphatic heterocycles. The Bertz CT molecular complexity index is 372. The molecular formula is C12H14BrClOS. The fourth-order valence-electron chi connectivity index (χ4n) is 1.95. The number of thioether (sulfide) groups is 1. The maximum atomic E-state index is 6.29. The van der Waals surface area contributed by atoms with Crippen molar-refractivity contribution in [1.82, 2.24) is 0 Å². The molecular weight excluding hydrogens is 308 g/mol. The average Bonchev–Trinajstić information content (AvgIpc) is 2.65. The monoisotopic (exact) mass is 320 g/mol. The molecule has 0 N–H and O–H groups in total. The highest BCUT2D eigenvalue weighted by atomic mass is 79.9. The van der Waals surface area contributed by atoms with Gasteiger partial charge in [0.25, 0.3) is 0 Å². The van der Waals surface area contributed by atoms with Crippen molar-refractivity contribution in [2.45, 2.75) is 11.8 Å².